The number of hydrogen-bond donors (Lipinski definition) is 2. The largest absolute Gasteiger partial charge is 0.468 e. The molecule has 0 aliphatic carbocycles. The first-order valence-electron chi connectivity index (χ1n) is 21.1. The van der Waals surface area contributed by atoms with Crippen molar-refractivity contribution in [3.63, 3.8) is 0 Å². The maximum absolute atomic E-state index is 12.0. The van der Waals surface area contributed by atoms with Gasteiger partial charge in [-0.15, -0.1) is 23.2 Å². The average Bonchev–Trinajstić information content (AvgIpc) is 4.17. The minimum absolute atomic E-state index is 0.0977. The number of benzene rings is 4. The zero-order valence-electron chi connectivity index (χ0n) is 37.2. The Hall–Kier alpha value is -6.25. The molecular weight excluding hydrogens is 883 g/mol. The molecule has 5 saturated heterocycles. The molecule has 3 N–H and O–H groups in total. The predicted molar refractivity (Wildman–Crippen MR) is 254 cm³/mol. The molecule has 0 bridgehead atoms. The number of ether oxygens (including phenoxy) is 4. The number of nitrogens with zero attached hydrogens (tertiary/aromatic N) is 2. The number of methoxy groups -OCH3 is 2. The second-order valence-corrected chi connectivity index (χ2v) is 16.7. The van der Waals surface area contributed by atoms with Gasteiger partial charge in [-0.25, -0.2) is 14.4 Å². The lowest BCUT2D eigenvalue weighted by molar-refractivity contribution is -0.148. The fraction of sp³-hybridized carbons (Fsp3) is 0.314. The van der Waals surface area contributed by atoms with E-state index in [1.807, 2.05) is 109 Å². The number of halogens is 2. The molecule has 4 aromatic carbocycles. The van der Waals surface area contributed by atoms with Crippen molar-refractivity contribution in [2.24, 2.45) is 5.73 Å². The lowest BCUT2D eigenvalue weighted by atomic mass is 9.87. The van der Waals surface area contributed by atoms with E-state index in [2.05, 4.69) is 29.8 Å². The SMILES string of the molecule is C=C(CCl)CCl.C=C1CN2C(=O)OCC2(c2ccccc2)C1.C=C1CNC(C(=O)OC)(c2ccccc2)C1.COC(=O)C(N)c1ccccc1.O=C1CN2C(=O)OCC2(c2ccccc2)C1. The van der Waals surface area contributed by atoms with Crippen LogP contribution in [0.15, 0.2) is 158 Å². The van der Waals surface area contributed by atoms with Crippen LogP contribution in [-0.4, -0.2) is 98.5 Å². The van der Waals surface area contributed by atoms with Crippen LogP contribution >= 0.6 is 23.2 Å². The topological polar surface area (TPSA) is 167 Å². The summed E-state index contributed by atoms with van der Waals surface area (Å²) in [6.07, 6.45) is 1.17. The van der Waals surface area contributed by atoms with Crippen molar-refractivity contribution in [1.82, 2.24) is 15.1 Å². The Balaban J connectivity index is 0.000000159. The quantitative estimate of drug-likeness (QED) is 0.0759. The number of nitrogens with two attached hydrogens (primary N) is 1. The molecule has 5 fully saturated rings. The number of hydrogen-bond acceptors (Lipinski definition) is 11. The lowest BCUT2D eigenvalue weighted by Gasteiger charge is -2.28. The van der Waals surface area contributed by atoms with Crippen LogP contribution in [0.1, 0.15) is 47.6 Å². The molecule has 0 saturated carbocycles. The van der Waals surface area contributed by atoms with Crippen LogP contribution in [0.5, 0.6) is 0 Å². The van der Waals surface area contributed by atoms with E-state index in [1.165, 1.54) is 14.2 Å². The summed E-state index contributed by atoms with van der Waals surface area (Å²) < 4.78 is 19.6. The number of carbonyl (C=O) groups excluding carboxylic acids is 5. The number of ketones is 1. The zero-order chi connectivity index (χ0) is 47.9. The van der Waals surface area contributed by atoms with Gasteiger partial charge in [0.25, 0.3) is 0 Å². The van der Waals surface area contributed by atoms with Gasteiger partial charge in [0, 0.05) is 44.1 Å². The lowest BCUT2D eigenvalue weighted by Crippen LogP contribution is -2.45. The number of esters is 2. The zero-order valence-corrected chi connectivity index (χ0v) is 38.7. The summed E-state index contributed by atoms with van der Waals surface area (Å²) in [4.78, 5) is 61.0. The molecule has 9 rings (SSSR count). The van der Waals surface area contributed by atoms with E-state index in [0.717, 1.165) is 45.4 Å². The molecule has 348 valence electrons. The molecule has 13 nitrogen and oxygen atoms in total. The van der Waals surface area contributed by atoms with Crippen LogP contribution in [0.4, 0.5) is 9.59 Å². The maximum Gasteiger partial charge on any atom is 0.411 e. The molecule has 5 heterocycles. The van der Waals surface area contributed by atoms with Crippen LogP contribution in [0, 0.1) is 0 Å². The monoisotopic (exact) mass is 938 g/mol. The van der Waals surface area contributed by atoms with Gasteiger partial charge >= 0.3 is 24.1 Å². The van der Waals surface area contributed by atoms with Gasteiger partial charge in [0.1, 0.15) is 35.9 Å². The molecule has 5 aliphatic heterocycles. The Bertz CT molecular complexity index is 2260. The van der Waals surface area contributed by atoms with E-state index < -0.39 is 23.1 Å². The number of alkyl halides is 2. The number of carbonyl (C=O) groups is 5. The summed E-state index contributed by atoms with van der Waals surface area (Å²) in [5.74, 6) is 0.381. The number of amides is 2. The highest BCUT2D eigenvalue weighted by atomic mass is 35.5. The van der Waals surface area contributed by atoms with E-state index in [9.17, 15) is 24.0 Å². The van der Waals surface area contributed by atoms with Crippen molar-refractivity contribution in [2.75, 3.05) is 58.8 Å². The highest BCUT2D eigenvalue weighted by molar-refractivity contribution is 6.23. The molecule has 4 unspecified atom stereocenters. The van der Waals surface area contributed by atoms with Crippen molar-refractivity contribution in [1.29, 1.82) is 0 Å². The first-order chi connectivity index (χ1) is 31.7. The van der Waals surface area contributed by atoms with Crippen LogP contribution < -0.4 is 11.1 Å². The number of cyclic esters (lactones) is 2. The Morgan fingerprint density at radius 3 is 1.56 bits per heavy atom. The third-order valence-electron chi connectivity index (χ3n) is 11.7. The van der Waals surface area contributed by atoms with E-state index in [0.29, 0.717) is 44.3 Å². The number of fused-ring (bicyclic) bond motifs is 2. The Kier molecular flexibility index (Phi) is 17.9. The van der Waals surface area contributed by atoms with E-state index in [-0.39, 0.29) is 42.6 Å². The third kappa shape index (κ3) is 11.6. The number of allylic oxidation sites excluding steroid dienone is 1. The molecule has 0 spiro atoms. The summed E-state index contributed by atoms with van der Waals surface area (Å²) in [5.41, 5.74) is 10.8. The molecule has 15 heteroatoms. The van der Waals surface area contributed by atoms with E-state index in [4.69, 9.17) is 43.1 Å². The fourth-order valence-corrected chi connectivity index (χ4v) is 8.56. The summed E-state index contributed by atoms with van der Waals surface area (Å²) in [7, 11) is 2.74. The highest BCUT2D eigenvalue weighted by Crippen LogP contribution is 2.45. The van der Waals surface area contributed by atoms with Gasteiger partial charge in [0.15, 0.2) is 5.78 Å². The van der Waals surface area contributed by atoms with Gasteiger partial charge in [-0.05, 0) is 27.8 Å². The molecule has 4 aromatic rings. The van der Waals surface area contributed by atoms with Crippen LogP contribution in [-0.2, 0) is 49.9 Å². The molecule has 66 heavy (non-hydrogen) atoms. The number of rotatable bonds is 8. The first kappa shape index (κ1) is 50.7. The predicted octanol–water partition coefficient (Wildman–Crippen LogP) is 8.08. The van der Waals surface area contributed by atoms with Crippen molar-refractivity contribution < 1.29 is 42.9 Å². The summed E-state index contributed by atoms with van der Waals surface area (Å²) in [6, 6.07) is 37.8. The molecular formula is C51H56Cl2N4O9. The van der Waals surface area contributed by atoms with Crippen molar-refractivity contribution in [2.45, 2.75) is 41.9 Å². The van der Waals surface area contributed by atoms with Gasteiger partial charge < -0.3 is 24.7 Å². The molecule has 0 radical (unpaired) electrons. The standard InChI is InChI=1S/C13H13NO2.C13H15NO2.C12H11NO3.C9H11NO2.C4H6Cl2/c1-10-7-13(11-5-3-2-4-6-11)9-16-12(15)14(13)8-10;1-10-8-13(14-9-10,12(15)16-2)11-6-4-3-5-7-11;14-10-6-12(9-4-2-1-3-5-9)8-16-11(15)13(12)7-10;1-12-9(11)8(10)7-5-3-2-4-6-7;1-4(2-5)3-6/h2-6H,1,7-9H2;3-7,14H,1,8-9H2,2H3;1-5H,6-8H2;2-6,8H,10H2,1H3;1-3H2. The molecule has 5 aliphatic rings. The second-order valence-electron chi connectivity index (χ2n) is 16.2. The minimum atomic E-state index is -0.743. The minimum Gasteiger partial charge on any atom is -0.468 e. The summed E-state index contributed by atoms with van der Waals surface area (Å²) >= 11 is 10.5. The number of nitrogens with one attached hydrogen (secondary N) is 1. The summed E-state index contributed by atoms with van der Waals surface area (Å²) in [5, 5.41) is 3.21. The summed E-state index contributed by atoms with van der Waals surface area (Å²) in [6.45, 7) is 13.6. The Morgan fingerprint density at radius 2 is 1.14 bits per heavy atom. The Labute approximate surface area is 396 Å². The van der Waals surface area contributed by atoms with Gasteiger partial charge in [-0.3, -0.25) is 24.7 Å². The van der Waals surface area contributed by atoms with Crippen molar-refractivity contribution in [3.05, 3.63) is 180 Å². The molecule has 2 amide bonds. The van der Waals surface area contributed by atoms with Crippen molar-refractivity contribution >= 4 is 53.1 Å². The fourth-order valence-electron chi connectivity index (χ4n) is 8.28. The van der Waals surface area contributed by atoms with Gasteiger partial charge in [0.05, 0.1) is 20.8 Å². The molecule has 0 aromatic heterocycles. The van der Waals surface area contributed by atoms with Gasteiger partial charge in [0.2, 0.25) is 0 Å². The molecule has 4 atom stereocenters. The highest BCUT2D eigenvalue weighted by Gasteiger charge is 2.55. The smallest absolute Gasteiger partial charge is 0.411 e. The number of Topliss-reactive ketones (excluding diaryl/α,β-unsaturated/α-hetero) is 1. The second kappa shape index (κ2) is 23.3. The average molecular weight is 940 g/mol. The third-order valence-corrected chi connectivity index (χ3v) is 12.4. The first-order valence-corrected chi connectivity index (χ1v) is 22.2. The van der Waals surface area contributed by atoms with Crippen molar-refractivity contribution in [3.8, 4) is 0 Å². The maximum atomic E-state index is 12.0. The van der Waals surface area contributed by atoms with Gasteiger partial charge in [-0.1, -0.05) is 152 Å². The van der Waals surface area contributed by atoms with Crippen LogP contribution in [0.3, 0.4) is 0 Å². The van der Waals surface area contributed by atoms with E-state index in [1.54, 1.807) is 21.9 Å². The van der Waals surface area contributed by atoms with Crippen LogP contribution in [0.2, 0.25) is 0 Å². The normalized spacial score (nSPS) is 22.5. The Morgan fingerprint density at radius 1 is 0.682 bits per heavy atom. The van der Waals surface area contributed by atoms with Gasteiger partial charge in [-0.2, -0.15) is 0 Å². The van der Waals surface area contributed by atoms with E-state index >= 15 is 0 Å². The van der Waals surface area contributed by atoms with Crippen LogP contribution in [0.25, 0.3) is 0 Å².